The van der Waals surface area contributed by atoms with E-state index in [-0.39, 0.29) is 5.97 Å². The third-order valence-electron chi connectivity index (χ3n) is 2.63. The molecule has 0 bridgehead atoms. The minimum absolute atomic E-state index is 0.343. The molecule has 0 saturated heterocycles. The highest BCUT2D eigenvalue weighted by molar-refractivity contribution is 5.74. The molecule has 110 valence electrons. The molecule has 4 nitrogen and oxygen atoms in total. The summed E-state index contributed by atoms with van der Waals surface area (Å²) in [6.45, 7) is 10.0. The summed E-state index contributed by atoms with van der Waals surface area (Å²) >= 11 is 0. The van der Waals surface area contributed by atoms with Crippen LogP contribution < -0.4 is 9.47 Å². The van der Waals surface area contributed by atoms with Gasteiger partial charge in [0.25, 0.3) is 0 Å². The van der Waals surface area contributed by atoms with E-state index in [1.807, 2.05) is 19.1 Å². The van der Waals surface area contributed by atoms with Gasteiger partial charge in [-0.1, -0.05) is 6.08 Å². The molecule has 4 heteroatoms. The number of esters is 1. The molecule has 20 heavy (non-hydrogen) atoms. The molecule has 0 aliphatic heterocycles. The average Bonchev–Trinajstić information content (AvgIpc) is 2.42. The number of rotatable bonds is 8. The van der Waals surface area contributed by atoms with E-state index in [0.717, 1.165) is 11.3 Å². The highest BCUT2D eigenvalue weighted by atomic mass is 16.6. The Balaban J connectivity index is 2.87. The molecule has 0 aliphatic carbocycles. The van der Waals surface area contributed by atoms with Crippen molar-refractivity contribution in [3.05, 3.63) is 36.4 Å². The fraction of sp³-hybridized carbons (Fsp3) is 0.438. The molecule has 0 radical (unpaired) electrons. The number of benzene rings is 1. The van der Waals surface area contributed by atoms with Gasteiger partial charge in [-0.05, 0) is 45.4 Å². The lowest BCUT2D eigenvalue weighted by molar-refractivity contribution is -0.150. The maximum atomic E-state index is 11.6. The Hall–Kier alpha value is -1.97. The van der Waals surface area contributed by atoms with Gasteiger partial charge in [0.1, 0.15) is 11.5 Å². The molecule has 0 spiro atoms. The summed E-state index contributed by atoms with van der Waals surface area (Å²) in [7, 11) is 0. The number of carbonyl (C=O) groups is 1. The van der Waals surface area contributed by atoms with Crippen LogP contribution >= 0.6 is 0 Å². The monoisotopic (exact) mass is 278 g/mol. The van der Waals surface area contributed by atoms with Crippen molar-refractivity contribution in [2.24, 2.45) is 0 Å². The summed E-state index contributed by atoms with van der Waals surface area (Å²) in [5.74, 6) is 1.06. The van der Waals surface area contributed by atoms with Crippen LogP contribution in [0.3, 0.4) is 0 Å². The normalized spacial score (nSPS) is 11.6. The number of carbonyl (C=O) groups excluding carboxylic acids is 1. The zero-order valence-corrected chi connectivity index (χ0v) is 12.3. The lowest BCUT2D eigenvalue weighted by atomic mass is 10.1. The van der Waals surface area contributed by atoms with E-state index in [0.29, 0.717) is 25.4 Å². The van der Waals surface area contributed by atoms with Gasteiger partial charge < -0.3 is 14.2 Å². The van der Waals surface area contributed by atoms with Crippen LogP contribution in [-0.4, -0.2) is 25.3 Å². The molecule has 0 heterocycles. The van der Waals surface area contributed by atoms with Gasteiger partial charge in [0.15, 0.2) is 6.10 Å². The van der Waals surface area contributed by atoms with Gasteiger partial charge in [-0.25, -0.2) is 4.79 Å². The van der Waals surface area contributed by atoms with Crippen molar-refractivity contribution >= 4 is 5.97 Å². The molecule has 1 rings (SSSR count). The summed E-state index contributed by atoms with van der Waals surface area (Å²) < 4.78 is 16.1. The Bertz CT molecular complexity index is 454. The smallest absolute Gasteiger partial charge is 0.347 e. The van der Waals surface area contributed by atoms with Crippen molar-refractivity contribution < 1.29 is 19.0 Å². The summed E-state index contributed by atoms with van der Waals surface area (Å²) in [6.07, 6.45) is 1.79. The molecule has 0 saturated carbocycles. The van der Waals surface area contributed by atoms with Crippen molar-refractivity contribution in [2.75, 3.05) is 13.2 Å². The van der Waals surface area contributed by atoms with Crippen LogP contribution in [0.2, 0.25) is 0 Å². The summed E-state index contributed by atoms with van der Waals surface area (Å²) in [5.41, 5.74) is 0.932. The minimum atomic E-state index is -0.642. The first-order valence-corrected chi connectivity index (χ1v) is 6.82. The van der Waals surface area contributed by atoms with Gasteiger partial charge in [0, 0.05) is 5.56 Å². The van der Waals surface area contributed by atoms with Gasteiger partial charge in [0.2, 0.25) is 0 Å². The standard InChI is InChI=1S/C16H22O4/c1-5-8-13-11-14(18-6-2)9-10-15(13)20-12(4)16(17)19-7-3/h5,9-12H,1,6-8H2,2-4H3. The fourth-order valence-electron chi connectivity index (χ4n) is 1.74. The average molecular weight is 278 g/mol. The second-order valence-electron chi connectivity index (χ2n) is 4.21. The number of hydrogen-bond donors (Lipinski definition) is 0. The van der Waals surface area contributed by atoms with Gasteiger partial charge >= 0.3 is 5.97 Å². The Morgan fingerprint density at radius 2 is 2.10 bits per heavy atom. The van der Waals surface area contributed by atoms with Gasteiger partial charge in [-0.2, -0.15) is 0 Å². The predicted molar refractivity (Wildman–Crippen MR) is 78.2 cm³/mol. The molecule has 0 fully saturated rings. The Morgan fingerprint density at radius 1 is 1.35 bits per heavy atom. The second-order valence-corrected chi connectivity index (χ2v) is 4.21. The molecule has 0 amide bonds. The zero-order valence-electron chi connectivity index (χ0n) is 12.3. The summed E-state index contributed by atoms with van der Waals surface area (Å²) in [6, 6.07) is 5.53. The highest BCUT2D eigenvalue weighted by Crippen LogP contribution is 2.26. The fourth-order valence-corrected chi connectivity index (χ4v) is 1.74. The van der Waals surface area contributed by atoms with Gasteiger partial charge in [-0.15, -0.1) is 6.58 Å². The van der Waals surface area contributed by atoms with E-state index in [1.54, 1.807) is 26.0 Å². The topological polar surface area (TPSA) is 44.8 Å². The van der Waals surface area contributed by atoms with E-state index in [1.165, 1.54) is 0 Å². The van der Waals surface area contributed by atoms with E-state index >= 15 is 0 Å². The predicted octanol–water partition coefficient (Wildman–Crippen LogP) is 3.14. The van der Waals surface area contributed by atoms with Crippen molar-refractivity contribution in [1.29, 1.82) is 0 Å². The lowest BCUT2D eigenvalue weighted by Crippen LogP contribution is -2.26. The van der Waals surface area contributed by atoms with Gasteiger partial charge in [0.05, 0.1) is 13.2 Å². The number of hydrogen-bond acceptors (Lipinski definition) is 4. The van der Waals surface area contributed by atoms with E-state index < -0.39 is 6.10 Å². The molecule has 0 aliphatic rings. The first-order valence-electron chi connectivity index (χ1n) is 6.82. The first kappa shape index (κ1) is 16.1. The van der Waals surface area contributed by atoms with Crippen LogP contribution in [0.4, 0.5) is 0 Å². The van der Waals surface area contributed by atoms with Gasteiger partial charge in [-0.3, -0.25) is 0 Å². The Kier molecular flexibility index (Phi) is 6.64. The van der Waals surface area contributed by atoms with E-state index in [2.05, 4.69) is 6.58 Å². The summed E-state index contributed by atoms with van der Waals surface area (Å²) in [5, 5.41) is 0. The Morgan fingerprint density at radius 3 is 2.70 bits per heavy atom. The van der Waals surface area contributed by atoms with Crippen molar-refractivity contribution in [2.45, 2.75) is 33.3 Å². The minimum Gasteiger partial charge on any atom is -0.494 e. The SMILES string of the molecule is C=CCc1cc(OCC)ccc1OC(C)C(=O)OCC. The molecule has 1 atom stereocenters. The van der Waals surface area contributed by atoms with E-state index in [9.17, 15) is 4.79 Å². The van der Waals surface area contributed by atoms with Crippen molar-refractivity contribution in [3.63, 3.8) is 0 Å². The lowest BCUT2D eigenvalue weighted by Gasteiger charge is -2.16. The zero-order chi connectivity index (χ0) is 15.0. The second kappa shape index (κ2) is 8.25. The van der Waals surface area contributed by atoms with Crippen LogP contribution in [0.25, 0.3) is 0 Å². The van der Waals surface area contributed by atoms with Crippen molar-refractivity contribution in [1.82, 2.24) is 0 Å². The van der Waals surface area contributed by atoms with Crippen LogP contribution in [0, 0.1) is 0 Å². The highest BCUT2D eigenvalue weighted by Gasteiger charge is 2.17. The van der Waals surface area contributed by atoms with Crippen LogP contribution in [-0.2, 0) is 16.0 Å². The quantitative estimate of drug-likeness (QED) is 0.541. The van der Waals surface area contributed by atoms with E-state index in [4.69, 9.17) is 14.2 Å². The first-order chi connectivity index (χ1) is 9.62. The summed E-state index contributed by atoms with van der Waals surface area (Å²) in [4.78, 5) is 11.6. The largest absolute Gasteiger partial charge is 0.494 e. The third kappa shape index (κ3) is 4.61. The van der Waals surface area contributed by atoms with Crippen LogP contribution in [0.1, 0.15) is 26.3 Å². The third-order valence-corrected chi connectivity index (χ3v) is 2.63. The number of allylic oxidation sites excluding steroid dienone is 1. The molecule has 1 aromatic rings. The molecule has 0 aromatic heterocycles. The van der Waals surface area contributed by atoms with Crippen LogP contribution in [0.5, 0.6) is 11.5 Å². The maximum Gasteiger partial charge on any atom is 0.347 e. The molecule has 1 aromatic carbocycles. The molecule has 0 N–H and O–H groups in total. The Labute approximate surface area is 120 Å². The van der Waals surface area contributed by atoms with Crippen LogP contribution in [0.15, 0.2) is 30.9 Å². The number of ether oxygens (including phenoxy) is 3. The molecule has 1 unspecified atom stereocenters. The maximum absolute atomic E-state index is 11.6. The molecular weight excluding hydrogens is 256 g/mol. The molecular formula is C16H22O4. The van der Waals surface area contributed by atoms with Crippen molar-refractivity contribution in [3.8, 4) is 11.5 Å².